The lowest BCUT2D eigenvalue weighted by molar-refractivity contribution is -0.0836. The molecule has 1 aliphatic rings. The van der Waals surface area contributed by atoms with Gasteiger partial charge in [0.15, 0.2) is 0 Å². The number of methoxy groups -OCH3 is 1. The second-order valence-corrected chi connectivity index (χ2v) is 6.00. The minimum absolute atomic E-state index is 0.0667. The molecule has 112 valence electrons. The Labute approximate surface area is 126 Å². The normalized spacial score (nSPS) is 18.4. The lowest BCUT2D eigenvalue weighted by atomic mass is 9.74. The fourth-order valence-corrected chi connectivity index (χ4v) is 3.41. The van der Waals surface area contributed by atoms with E-state index < -0.39 is 0 Å². The van der Waals surface area contributed by atoms with Gasteiger partial charge >= 0.3 is 0 Å². The lowest BCUT2D eigenvalue weighted by Crippen LogP contribution is -2.42. The molecule has 2 aromatic rings. The monoisotopic (exact) mass is 284 g/mol. The number of fused-ring (bicyclic) bond motifs is 1. The molecule has 1 saturated carbocycles. The first-order valence-corrected chi connectivity index (χ1v) is 7.89. The molecule has 1 heterocycles. The Balaban J connectivity index is 1.95. The molecule has 1 unspecified atom stereocenters. The van der Waals surface area contributed by atoms with E-state index >= 15 is 0 Å². The number of ether oxygens (including phenoxy) is 1. The third-order valence-electron chi connectivity index (χ3n) is 4.82. The van der Waals surface area contributed by atoms with Crippen molar-refractivity contribution in [2.45, 2.75) is 44.2 Å². The maximum Gasteiger partial charge on any atom is 0.0697 e. The molecule has 0 spiro atoms. The van der Waals surface area contributed by atoms with Crippen LogP contribution in [0.3, 0.4) is 0 Å². The van der Waals surface area contributed by atoms with Crippen molar-refractivity contribution in [3.8, 4) is 0 Å². The van der Waals surface area contributed by atoms with Crippen LogP contribution in [0.15, 0.2) is 36.7 Å². The molecule has 3 rings (SSSR count). The van der Waals surface area contributed by atoms with E-state index in [-0.39, 0.29) is 5.60 Å². The van der Waals surface area contributed by atoms with Gasteiger partial charge in [-0.15, -0.1) is 0 Å². The molecular formula is C18H24N2O. The van der Waals surface area contributed by atoms with Gasteiger partial charge in [-0.05, 0) is 49.2 Å². The van der Waals surface area contributed by atoms with Gasteiger partial charge in [-0.3, -0.25) is 4.98 Å². The van der Waals surface area contributed by atoms with E-state index in [1.165, 1.54) is 35.6 Å². The Kier molecular flexibility index (Phi) is 4.22. The van der Waals surface area contributed by atoms with Crippen LogP contribution in [0.2, 0.25) is 0 Å². The van der Waals surface area contributed by atoms with Crippen LogP contribution in [-0.2, 0) is 4.74 Å². The first-order valence-electron chi connectivity index (χ1n) is 7.89. The highest BCUT2D eigenvalue weighted by atomic mass is 16.5. The first kappa shape index (κ1) is 14.5. The van der Waals surface area contributed by atoms with Crippen LogP contribution in [0.4, 0.5) is 0 Å². The van der Waals surface area contributed by atoms with Crippen molar-refractivity contribution in [1.82, 2.24) is 10.3 Å². The Morgan fingerprint density at radius 2 is 2.19 bits per heavy atom. The van der Waals surface area contributed by atoms with Crippen molar-refractivity contribution < 1.29 is 4.74 Å². The molecule has 1 atom stereocenters. The molecule has 0 amide bonds. The molecule has 3 nitrogen and oxygen atoms in total. The summed E-state index contributed by atoms with van der Waals surface area (Å²) in [6.45, 7) is 3.12. The molecule has 0 saturated heterocycles. The Morgan fingerprint density at radius 1 is 1.33 bits per heavy atom. The predicted octanol–water partition coefficient (Wildman–Crippen LogP) is 3.84. The maximum absolute atomic E-state index is 5.83. The molecule has 1 aromatic carbocycles. The number of hydrogen-bond acceptors (Lipinski definition) is 3. The Bertz CT molecular complexity index is 596. The molecule has 1 fully saturated rings. The van der Waals surface area contributed by atoms with E-state index in [0.717, 1.165) is 13.0 Å². The second kappa shape index (κ2) is 6.12. The van der Waals surface area contributed by atoms with Crippen LogP contribution in [0, 0.1) is 0 Å². The quantitative estimate of drug-likeness (QED) is 0.875. The van der Waals surface area contributed by atoms with E-state index in [1.807, 2.05) is 19.5 Å². The van der Waals surface area contributed by atoms with Gasteiger partial charge in [-0.1, -0.05) is 25.1 Å². The highest BCUT2D eigenvalue weighted by Gasteiger charge is 2.39. The minimum Gasteiger partial charge on any atom is -0.378 e. The number of nitrogens with zero attached hydrogens (tertiary/aromatic N) is 1. The van der Waals surface area contributed by atoms with Crippen LogP contribution in [0.1, 0.15) is 44.2 Å². The van der Waals surface area contributed by atoms with Gasteiger partial charge in [0.2, 0.25) is 0 Å². The number of pyridine rings is 1. The van der Waals surface area contributed by atoms with Gasteiger partial charge in [-0.25, -0.2) is 0 Å². The number of nitrogens with one attached hydrogen (secondary N) is 1. The van der Waals surface area contributed by atoms with Crippen molar-refractivity contribution >= 4 is 10.8 Å². The molecule has 1 N–H and O–H groups in total. The third kappa shape index (κ3) is 2.81. The van der Waals surface area contributed by atoms with E-state index in [0.29, 0.717) is 6.04 Å². The van der Waals surface area contributed by atoms with Crippen LogP contribution < -0.4 is 5.32 Å². The van der Waals surface area contributed by atoms with Crippen LogP contribution in [0.25, 0.3) is 10.8 Å². The van der Waals surface area contributed by atoms with Crippen molar-refractivity contribution in [3.63, 3.8) is 0 Å². The fourth-order valence-electron chi connectivity index (χ4n) is 3.41. The summed E-state index contributed by atoms with van der Waals surface area (Å²) in [5.74, 6) is 0. The zero-order valence-corrected chi connectivity index (χ0v) is 12.9. The summed E-state index contributed by atoms with van der Waals surface area (Å²) in [6, 6.07) is 8.92. The number of rotatable bonds is 6. The number of benzene rings is 1. The summed E-state index contributed by atoms with van der Waals surface area (Å²) in [5.41, 5.74) is 1.41. The predicted molar refractivity (Wildman–Crippen MR) is 86.4 cm³/mol. The summed E-state index contributed by atoms with van der Waals surface area (Å²) < 4.78 is 5.83. The molecule has 0 radical (unpaired) electrons. The van der Waals surface area contributed by atoms with Crippen LogP contribution >= 0.6 is 0 Å². The lowest BCUT2D eigenvalue weighted by Gasteiger charge is -2.43. The Hall–Kier alpha value is -1.45. The summed E-state index contributed by atoms with van der Waals surface area (Å²) in [6.07, 6.45) is 8.50. The SMILES string of the molecule is CCNC(CC1(OC)CCC1)c1cccc2ccncc12. The first-order chi connectivity index (χ1) is 10.3. The van der Waals surface area contributed by atoms with Crippen molar-refractivity contribution in [2.75, 3.05) is 13.7 Å². The average molecular weight is 284 g/mol. The summed E-state index contributed by atoms with van der Waals surface area (Å²) in [5, 5.41) is 6.14. The molecule has 1 aromatic heterocycles. The van der Waals surface area contributed by atoms with E-state index in [9.17, 15) is 0 Å². The molecule has 3 heteroatoms. The van der Waals surface area contributed by atoms with Crippen LogP contribution in [-0.4, -0.2) is 24.2 Å². The number of hydrogen-bond donors (Lipinski definition) is 1. The van der Waals surface area contributed by atoms with Crippen molar-refractivity contribution in [3.05, 3.63) is 42.2 Å². The maximum atomic E-state index is 5.83. The topological polar surface area (TPSA) is 34.1 Å². The molecule has 21 heavy (non-hydrogen) atoms. The van der Waals surface area contributed by atoms with Gasteiger partial charge in [0.1, 0.15) is 0 Å². The summed E-state index contributed by atoms with van der Waals surface area (Å²) in [4.78, 5) is 4.31. The summed E-state index contributed by atoms with van der Waals surface area (Å²) >= 11 is 0. The van der Waals surface area contributed by atoms with E-state index in [1.54, 1.807) is 0 Å². The zero-order chi connectivity index (χ0) is 14.7. The Morgan fingerprint density at radius 3 is 2.86 bits per heavy atom. The van der Waals surface area contributed by atoms with Crippen molar-refractivity contribution in [2.24, 2.45) is 0 Å². The fraction of sp³-hybridized carbons (Fsp3) is 0.500. The van der Waals surface area contributed by atoms with Gasteiger partial charge < -0.3 is 10.1 Å². The molecule has 0 aliphatic heterocycles. The zero-order valence-electron chi connectivity index (χ0n) is 12.9. The van der Waals surface area contributed by atoms with E-state index in [4.69, 9.17) is 4.74 Å². The standard InChI is InChI=1S/C18H24N2O/c1-3-20-17(12-18(21-2)9-5-10-18)15-7-4-6-14-8-11-19-13-16(14)15/h4,6-8,11,13,17,20H,3,5,9-10,12H2,1-2H3. The van der Waals surface area contributed by atoms with Gasteiger partial charge in [0, 0.05) is 30.9 Å². The van der Waals surface area contributed by atoms with E-state index in [2.05, 4.69) is 41.5 Å². The highest BCUT2D eigenvalue weighted by Crippen LogP contribution is 2.42. The van der Waals surface area contributed by atoms with Gasteiger partial charge in [0.05, 0.1) is 5.60 Å². The van der Waals surface area contributed by atoms with Gasteiger partial charge in [-0.2, -0.15) is 0 Å². The smallest absolute Gasteiger partial charge is 0.0697 e. The van der Waals surface area contributed by atoms with Crippen LogP contribution in [0.5, 0.6) is 0 Å². The largest absolute Gasteiger partial charge is 0.378 e. The number of aromatic nitrogens is 1. The molecule has 0 bridgehead atoms. The minimum atomic E-state index is 0.0667. The molecule has 1 aliphatic carbocycles. The highest BCUT2D eigenvalue weighted by molar-refractivity contribution is 5.85. The van der Waals surface area contributed by atoms with Gasteiger partial charge in [0.25, 0.3) is 0 Å². The molecular weight excluding hydrogens is 260 g/mol. The van der Waals surface area contributed by atoms with Crippen molar-refractivity contribution in [1.29, 1.82) is 0 Å². The summed E-state index contributed by atoms with van der Waals surface area (Å²) in [7, 11) is 1.85. The third-order valence-corrected chi connectivity index (χ3v) is 4.82. The average Bonchev–Trinajstić information content (AvgIpc) is 2.49. The second-order valence-electron chi connectivity index (χ2n) is 6.00.